The van der Waals surface area contributed by atoms with Crippen molar-refractivity contribution in [3.63, 3.8) is 0 Å². The molecule has 1 aliphatic heterocycles. The number of hydrogen-bond donors (Lipinski definition) is 2. The minimum Gasteiger partial charge on any atom is -0.361 e. The van der Waals surface area contributed by atoms with E-state index in [1.54, 1.807) is 6.20 Å². The van der Waals surface area contributed by atoms with Crippen molar-refractivity contribution in [2.75, 3.05) is 13.1 Å². The minimum atomic E-state index is 0.254. The highest BCUT2D eigenvalue weighted by molar-refractivity contribution is 5.84. The van der Waals surface area contributed by atoms with Crippen LogP contribution >= 0.6 is 0 Å². The second-order valence-corrected chi connectivity index (χ2v) is 6.55. The predicted molar refractivity (Wildman–Crippen MR) is 93.8 cm³/mol. The Hall–Kier alpha value is -2.56. The Bertz CT molecular complexity index is 821. The molecule has 1 aromatic carbocycles. The molecule has 5 nitrogen and oxygen atoms in total. The number of carbonyl (C=O) groups excluding carboxylic acids is 1. The molecular formula is C19H22N4O. The summed E-state index contributed by atoms with van der Waals surface area (Å²) in [6.45, 7) is 1.67. The molecule has 0 bridgehead atoms. The lowest BCUT2D eigenvalue weighted by atomic mass is 9.94. The van der Waals surface area contributed by atoms with Crippen LogP contribution in [0.1, 0.15) is 36.4 Å². The monoisotopic (exact) mass is 322 g/mol. The Balaban J connectivity index is 1.39. The van der Waals surface area contributed by atoms with Gasteiger partial charge in [-0.05, 0) is 37.0 Å². The topological polar surface area (TPSA) is 64.8 Å². The lowest BCUT2D eigenvalue weighted by Crippen LogP contribution is -2.39. The number of nitrogens with zero attached hydrogens (tertiary/aromatic N) is 2. The van der Waals surface area contributed by atoms with Gasteiger partial charge in [0.25, 0.3) is 0 Å². The zero-order chi connectivity index (χ0) is 16.4. The average Bonchev–Trinajstić information content (AvgIpc) is 3.30. The molecule has 1 fully saturated rings. The van der Waals surface area contributed by atoms with Gasteiger partial charge in [0.2, 0.25) is 5.91 Å². The zero-order valence-corrected chi connectivity index (χ0v) is 13.7. The van der Waals surface area contributed by atoms with Gasteiger partial charge in [-0.25, -0.2) is 0 Å². The maximum atomic E-state index is 12.6. The van der Waals surface area contributed by atoms with E-state index >= 15 is 0 Å². The number of piperidine rings is 1. The van der Waals surface area contributed by atoms with Crippen molar-refractivity contribution in [3.05, 3.63) is 54.0 Å². The number of para-hydroxylation sites is 1. The second-order valence-electron chi connectivity index (χ2n) is 6.55. The van der Waals surface area contributed by atoms with E-state index in [-0.39, 0.29) is 5.91 Å². The molecule has 0 radical (unpaired) electrons. The fourth-order valence-corrected chi connectivity index (χ4v) is 3.69. The van der Waals surface area contributed by atoms with Crippen LogP contribution in [0.3, 0.4) is 0 Å². The third-order valence-electron chi connectivity index (χ3n) is 5.02. The number of rotatable bonds is 4. The van der Waals surface area contributed by atoms with Gasteiger partial charge in [0.05, 0.1) is 0 Å². The van der Waals surface area contributed by atoms with Crippen molar-refractivity contribution in [3.8, 4) is 0 Å². The first kappa shape index (κ1) is 15.0. The summed E-state index contributed by atoms with van der Waals surface area (Å²) in [6.07, 6.45) is 7.34. The van der Waals surface area contributed by atoms with Crippen LogP contribution < -0.4 is 0 Å². The Kier molecular flexibility index (Phi) is 4.07. The summed E-state index contributed by atoms with van der Waals surface area (Å²) >= 11 is 0. The number of likely N-dealkylation sites (tertiary alicyclic amines) is 1. The standard InChI is InChI=1S/C19H22N4O/c24-19(8-7-14-12-20-18-6-2-1-5-16(14)18)23-11-3-4-15(13-23)17-9-10-21-22-17/h1-2,5-6,9-10,12,15,20H,3-4,7-8,11,13H2,(H,21,22)/t15-/m1/s1. The third-order valence-corrected chi connectivity index (χ3v) is 5.02. The summed E-state index contributed by atoms with van der Waals surface area (Å²) in [6, 6.07) is 10.3. The molecule has 1 atom stereocenters. The molecule has 0 unspecified atom stereocenters. The van der Waals surface area contributed by atoms with Gasteiger partial charge in [0, 0.05) is 54.4 Å². The predicted octanol–water partition coefficient (Wildman–Crippen LogP) is 3.23. The van der Waals surface area contributed by atoms with Gasteiger partial charge >= 0.3 is 0 Å². The number of nitrogens with one attached hydrogen (secondary N) is 2. The molecule has 2 aromatic heterocycles. The van der Waals surface area contributed by atoms with Crippen molar-refractivity contribution >= 4 is 16.8 Å². The van der Waals surface area contributed by atoms with Gasteiger partial charge in [-0.2, -0.15) is 5.10 Å². The van der Waals surface area contributed by atoms with Crippen LogP contribution in [0.2, 0.25) is 0 Å². The smallest absolute Gasteiger partial charge is 0.222 e. The zero-order valence-electron chi connectivity index (χ0n) is 13.7. The number of aryl methyl sites for hydroxylation is 1. The summed E-state index contributed by atoms with van der Waals surface area (Å²) in [5, 5.41) is 8.30. The van der Waals surface area contributed by atoms with Gasteiger partial charge in [-0.1, -0.05) is 18.2 Å². The van der Waals surface area contributed by atoms with Gasteiger partial charge in [-0.15, -0.1) is 0 Å². The molecule has 24 heavy (non-hydrogen) atoms. The van der Waals surface area contributed by atoms with E-state index in [2.05, 4.69) is 27.3 Å². The number of hydrogen-bond acceptors (Lipinski definition) is 2. The summed E-state index contributed by atoms with van der Waals surface area (Å²) in [4.78, 5) is 17.9. The van der Waals surface area contributed by atoms with E-state index in [0.717, 1.165) is 43.6 Å². The Labute approximate surface area is 141 Å². The minimum absolute atomic E-state index is 0.254. The maximum Gasteiger partial charge on any atom is 0.222 e. The average molecular weight is 322 g/mol. The summed E-state index contributed by atoms with van der Waals surface area (Å²) in [5.74, 6) is 0.641. The van der Waals surface area contributed by atoms with Crippen LogP contribution in [0.25, 0.3) is 10.9 Å². The Morgan fingerprint density at radius 2 is 2.21 bits per heavy atom. The van der Waals surface area contributed by atoms with Crippen LogP contribution in [-0.2, 0) is 11.2 Å². The summed E-state index contributed by atoms with van der Waals surface area (Å²) < 4.78 is 0. The molecule has 1 amide bonds. The highest BCUT2D eigenvalue weighted by atomic mass is 16.2. The maximum absolute atomic E-state index is 12.6. The molecule has 0 spiro atoms. The molecule has 3 heterocycles. The van der Waals surface area contributed by atoms with E-state index in [0.29, 0.717) is 12.3 Å². The normalized spacial score (nSPS) is 18.2. The van der Waals surface area contributed by atoms with Gasteiger partial charge in [0.1, 0.15) is 0 Å². The molecule has 5 heteroatoms. The fourth-order valence-electron chi connectivity index (χ4n) is 3.69. The van der Waals surface area contributed by atoms with Crippen molar-refractivity contribution in [1.29, 1.82) is 0 Å². The highest BCUT2D eigenvalue weighted by Crippen LogP contribution is 2.26. The molecule has 124 valence electrons. The molecule has 2 N–H and O–H groups in total. The number of amides is 1. The molecule has 4 rings (SSSR count). The van der Waals surface area contributed by atoms with E-state index in [9.17, 15) is 4.79 Å². The van der Waals surface area contributed by atoms with Crippen LogP contribution in [-0.4, -0.2) is 39.1 Å². The third kappa shape index (κ3) is 2.94. The highest BCUT2D eigenvalue weighted by Gasteiger charge is 2.25. The quantitative estimate of drug-likeness (QED) is 0.774. The van der Waals surface area contributed by atoms with Gasteiger partial charge < -0.3 is 9.88 Å². The van der Waals surface area contributed by atoms with E-state index < -0.39 is 0 Å². The Morgan fingerprint density at radius 1 is 1.29 bits per heavy atom. The lowest BCUT2D eigenvalue weighted by molar-refractivity contribution is -0.132. The van der Waals surface area contributed by atoms with Crippen LogP contribution in [0, 0.1) is 0 Å². The fraction of sp³-hybridized carbons (Fsp3) is 0.368. The number of benzene rings is 1. The van der Waals surface area contributed by atoms with E-state index in [1.165, 1.54) is 10.9 Å². The van der Waals surface area contributed by atoms with Crippen molar-refractivity contribution in [2.24, 2.45) is 0 Å². The van der Waals surface area contributed by atoms with Crippen LogP contribution in [0.5, 0.6) is 0 Å². The first-order chi connectivity index (χ1) is 11.8. The van der Waals surface area contributed by atoms with Crippen LogP contribution in [0.15, 0.2) is 42.7 Å². The molecular weight excluding hydrogens is 300 g/mol. The van der Waals surface area contributed by atoms with Gasteiger partial charge in [-0.3, -0.25) is 9.89 Å². The van der Waals surface area contributed by atoms with Crippen molar-refractivity contribution < 1.29 is 4.79 Å². The number of aromatic amines is 2. The number of H-pyrrole nitrogens is 2. The first-order valence-electron chi connectivity index (χ1n) is 8.63. The number of carbonyl (C=O) groups is 1. The largest absolute Gasteiger partial charge is 0.361 e. The molecule has 3 aromatic rings. The van der Waals surface area contributed by atoms with Crippen molar-refractivity contribution in [2.45, 2.75) is 31.6 Å². The second kappa shape index (κ2) is 6.51. The SMILES string of the molecule is O=C(CCc1c[nH]c2ccccc12)N1CCC[C@@H](c2ccn[nH]2)C1. The molecule has 1 aliphatic rings. The number of fused-ring (bicyclic) bond motifs is 1. The van der Waals surface area contributed by atoms with Crippen LogP contribution in [0.4, 0.5) is 0 Å². The van der Waals surface area contributed by atoms with E-state index in [1.807, 2.05) is 29.3 Å². The van der Waals surface area contributed by atoms with E-state index in [4.69, 9.17) is 0 Å². The van der Waals surface area contributed by atoms with Gasteiger partial charge in [0.15, 0.2) is 0 Å². The lowest BCUT2D eigenvalue weighted by Gasteiger charge is -2.32. The molecule has 0 aliphatic carbocycles. The number of aromatic nitrogens is 3. The summed E-state index contributed by atoms with van der Waals surface area (Å²) in [7, 11) is 0. The summed E-state index contributed by atoms with van der Waals surface area (Å²) in [5.41, 5.74) is 3.50. The van der Waals surface area contributed by atoms with Crippen molar-refractivity contribution in [1.82, 2.24) is 20.1 Å². The first-order valence-corrected chi connectivity index (χ1v) is 8.63. The molecule has 1 saturated heterocycles. The Morgan fingerprint density at radius 3 is 3.08 bits per heavy atom. The molecule has 0 saturated carbocycles.